The van der Waals surface area contributed by atoms with E-state index < -0.39 is 24.4 Å². The second kappa shape index (κ2) is 9.08. The number of rotatable bonds is 4. The first-order valence-corrected chi connectivity index (χ1v) is 7.63. The number of ether oxygens (including phenoxy) is 2. The van der Waals surface area contributed by atoms with Gasteiger partial charge < -0.3 is 30.3 Å². The minimum atomic E-state index is -1.09. The first-order valence-electron chi connectivity index (χ1n) is 6.75. The highest BCUT2D eigenvalue weighted by Gasteiger charge is 2.38. The van der Waals surface area contributed by atoms with Gasteiger partial charge in [-0.1, -0.05) is 11.8 Å². The maximum atomic E-state index is 11.3. The van der Waals surface area contributed by atoms with E-state index in [1.54, 1.807) is 21.0 Å². The zero-order chi connectivity index (χ0) is 15.8. The summed E-state index contributed by atoms with van der Waals surface area (Å²) < 4.78 is 10.6. The maximum absolute atomic E-state index is 11.3. The third kappa shape index (κ3) is 5.70. The molecule has 8 nitrogen and oxygen atoms in total. The molecule has 0 aromatic carbocycles. The Labute approximate surface area is 128 Å². The van der Waals surface area contributed by atoms with Crippen LogP contribution in [-0.2, 0) is 9.47 Å². The fourth-order valence-corrected chi connectivity index (χ4v) is 2.79. The number of nitrogens with one attached hydrogen (secondary N) is 2. The van der Waals surface area contributed by atoms with Crippen LogP contribution in [0.3, 0.4) is 0 Å². The molecule has 122 valence electrons. The van der Waals surface area contributed by atoms with Crippen molar-refractivity contribution in [2.24, 2.45) is 4.99 Å². The van der Waals surface area contributed by atoms with Crippen molar-refractivity contribution in [3.05, 3.63) is 0 Å². The number of thioether (sulfide) groups is 1. The maximum Gasteiger partial charge on any atom is 0.407 e. The topological polar surface area (TPSA) is 112 Å². The summed E-state index contributed by atoms with van der Waals surface area (Å²) in [5.74, 6) is 0. The lowest BCUT2D eigenvalue weighted by molar-refractivity contribution is -0.157. The van der Waals surface area contributed by atoms with E-state index in [0.29, 0.717) is 11.7 Å². The van der Waals surface area contributed by atoms with Gasteiger partial charge in [-0.3, -0.25) is 4.99 Å². The lowest BCUT2D eigenvalue weighted by Crippen LogP contribution is -2.50. The molecule has 0 unspecified atom stereocenters. The predicted molar refractivity (Wildman–Crippen MR) is 80.3 cm³/mol. The SMILES string of the molecule is CCNC(=O)OC[C@H]1O[C@H](SC(=NC)NC)C[C@@H](O)[C@@H]1O. The van der Waals surface area contributed by atoms with Gasteiger partial charge in [-0.25, -0.2) is 4.79 Å². The quantitative estimate of drug-likeness (QED) is 0.408. The van der Waals surface area contributed by atoms with Gasteiger partial charge in [-0.2, -0.15) is 0 Å². The van der Waals surface area contributed by atoms with Crippen LogP contribution in [0.25, 0.3) is 0 Å². The van der Waals surface area contributed by atoms with Gasteiger partial charge in [0.1, 0.15) is 24.3 Å². The highest BCUT2D eigenvalue weighted by molar-refractivity contribution is 8.14. The van der Waals surface area contributed by atoms with Gasteiger partial charge in [0, 0.05) is 27.1 Å². The van der Waals surface area contributed by atoms with Crippen molar-refractivity contribution in [2.75, 3.05) is 27.2 Å². The number of aliphatic imine (C=N–C) groups is 1. The molecule has 4 atom stereocenters. The van der Waals surface area contributed by atoms with E-state index in [2.05, 4.69) is 15.6 Å². The van der Waals surface area contributed by atoms with Crippen molar-refractivity contribution in [3.63, 3.8) is 0 Å². The molecule has 21 heavy (non-hydrogen) atoms. The molecule has 0 spiro atoms. The Hall–Kier alpha value is -1.03. The molecule has 1 aliphatic rings. The van der Waals surface area contributed by atoms with Gasteiger partial charge in [0.05, 0.1) is 6.10 Å². The Balaban J connectivity index is 2.55. The number of nitrogens with zero attached hydrogens (tertiary/aromatic N) is 1. The molecule has 0 radical (unpaired) electrons. The fraction of sp³-hybridized carbons (Fsp3) is 0.833. The van der Waals surface area contributed by atoms with Crippen LogP contribution in [0.4, 0.5) is 4.79 Å². The molecular formula is C12H23N3O5S. The van der Waals surface area contributed by atoms with Crippen molar-refractivity contribution in [2.45, 2.75) is 37.1 Å². The number of alkyl carbamates (subject to hydrolysis) is 1. The van der Waals surface area contributed by atoms with Crippen molar-refractivity contribution >= 4 is 23.0 Å². The molecule has 1 aliphatic heterocycles. The summed E-state index contributed by atoms with van der Waals surface area (Å²) in [6, 6.07) is 0. The van der Waals surface area contributed by atoms with Crippen LogP contribution in [0, 0.1) is 0 Å². The highest BCUT2D eigenvalue weighted by atomic mass is 32.2. The van der Waals surface area contributed by atoms with E-state index in [4.69, 9.17) is 9.47 Å². The van der Waals surface area contributed by atoms with Crippen LogP contribution in [0.2, 0.25) is 0 Å². The summed E-state index contributed by atoms with van der Waals surface area (Å²) in [7, 11) is 3.38. The second-order valence-electron chi connectivity index (χ2n) is 4.42. The Kier molecular flexibility index (Phi) is 7.79. The van der Waals surface area contributed by atoms with Gasteiger partial charge in [0.15, 0.2) is 5.17 Å². The fourth-order valence-electron chi connectivity index (χ4n) is 1.83. The smallest absolute Gasteiger partial charge is 0.407 e. The van der Waals surface area contributed by atoms with Crippen LogP contribution in [0.15, 0.2) is 4.99 Å². The second-order valence-corrected chi connectivity index (χ2v) is 5.57. The lowest BCUT2D eigenvalue weighted by Gasteiger charge is -2.36. The molecule has 0 bridgehead atoms. The van der Waals surface area contributed by atoms with Crippen LogP contribution in [0.1, 0.15) is 13.3 Å². The first kappa shape index (κ1) is 18.0. The number of hydrogen-bond acceptors (Lipinski definition) is 7. The molecule has 4 N–H and O–H groups in total. The number of aliphatic hydroxyl groups excluding tert-OH is 2. The largest absolute Gasteiger partial charge is 0.447 e. The van der Waals surface area contributed by atoms with Gasteiger partial charge in [0.25, 0.3) is 0 Å². The van der Waals surface area contributed by atoms with Gasteiger partial charge in [-0.05, 0) is 6.92 Å². The molecule has 1 amide bonds. The first-order chi connectivity index (χ1) is 10.0. The molecule has 0 saturated carbocycles. The normalized spacial score (nSPS) is 29.9. The van der Waals surface area contributed by atoms with E-state index in [0.717, 1.165) is 0 Å². The van der Waals surface area contributed by atoms with Gasteiger partial charge >= 0.3 is 6.09 Å². The Morgan fingerprint density at radius 2 is 2.24 bits per heavy atom. The van der Waals surface area contributed by atoms with Gasteiger partial charge in [-0.15, -0.1) is 0 Å². The van der Waals surface area contributed by atoms with Crippen LogP contribution >= 0.6 is 11.8 Å². The molecule has 0 aliphatic carbocycles. The molecular weight excluding hydrogens is 298 g/mol. The number of hydrogen-bond donors (Lipinski definition) is 4. The average Bonchev–Trinajstić information content (AvgIpc) is 2.47. The summed E-state index contributed by atoms with van der Waals surface area (Å²) in [6.07, 6.45) is -3.11. The molecule has 9 heteroatoms. The Bertz CT molecular complexity index is 369. The monoisotopic (exact) mass is 321 g/mol. The van der Waals surface area contributed by atoms with Crippen molar-refractivity contribution in [1.82, 2.24) is 10.6 Å². The number of amides is 1. The minimum Gasteiger partial charge on any atom is -0.447 e. The summed E-state index contributed by atoms with van der Waals surface area (Å²) in [5.41, 5.74) is -0.377. The summed E-state index contributed by atoms with van der Waals surface area (Å²) in [6.45, 7) is 2.10. The van der Waals surface area contributed by atoms with E-state index in [1.165, 1.54) is 11.8 Å². The third-order valence-corrected chi connectivity index (χ3v) is 4.07. The molecule has 1 saturated heterocycles. The number of aliphatic hydroxyl groups is 2. The van der Waals surface area contributed by atoms with Crippen LogP contribution < -0.4 is 10.6 Å². The Morgan fingerprint density at radius 1 is 1.52 bits per heavy atom. The average molecular weight is 321 g/mol. The molecule has 0 aromatic heterocycles. The summed E-state index contributed by atoms with van der Waals surface area (Å²) >= 11 is 1.31. The lowest BCUT2D eigenvalue weighted by atomic mass is 10.0. The van der Waals surface area contributed by atoms with Crippen LogP contribution in [-0.4, -0.2) is 72.5 Å². The Morgan fingerprint density at radius 3 is 2.81 bits per heavy atom. The molecule has 1 fully saturated rings. The molecule has 1 heterocycles. The van der Waals surface area contributed by atoms with E-state index >= 15 is 0 Å². The van der Waals surface area contributed by atoms with E-state index in [1.807, 2.05) is 0 Å². The highest BCUT2D eigenvalue weighted by Crippen LogP contribution is 2.28. The molecule has 0 aromatic rings. The summed E-state index contributed by atoms with van der Waals surface area (Å²) in [4.78, 5) is 15.3. The predicted octanol–water partition coefficient (Wildman–Crippen LogP) is -0.492. The van der Waals surface area contributed by atoms with Crippen LogP contribution in [0.5, 0.6) is 0 Å². The third-order valence-electron chi connectivity index (χ3n) is 2.90. The standard InChI is InChI=1S/C12H23N3O5S/c1-4-15-12(18)19-6-8-10(17)7(16)5-9(20-8)21-11(13-2)14-3/h7-10,16-17H,4-6H2,1-3H3,(H,13,14)(H,15,18)/t7-,8-,9-,10+/m1/s1. The molecule has 1 rings (SSSR count). The zero-order valence-electron chi connectivity index (χ0n) is 12.4. The van der Waals surface area contributed by atoms with Crippen molar-refractivity contribution in [3.8, 4) is 0 Å². The van der Waals surface area contributed by atoms with E-state index in [-0.39, 0.29) is 18.5 Å². The van der Waals surface area contributed by atoms with Crippen molar-refractivity contribution in [1.29, 1.82) is 0 Å². The van der Waals surface area contributed by atoms with Gasteiger partial charge in [0.2, 0.25) is 0 Å². The number of carbonyl (C=O) groups excluding carboxylic acids is 1. The number of amidine groups is 1. The van der Waals surface area contributed by atoms with E-state index in [9.17, 15) is 15.0 Å². The number of carbonyl (C=O) groups is 1. The minimum absolute atomic E-state index is 0.126. The zero-order valence-corrected chi connectivity index (χ0v) is 13.2. The summed E-state index contributed by atoms with van der Waals surface area (Å²) in [5, 5.41) is 25.8. The van der Waals surface area contributed by atoms with Crippen molar-refractivity contribution < 1.29 is 24.5 Å².